The zero-order valence-electron chi connectivity index (χ0n) is 16.1. The second kappa shape index (κ2) is 7.42. The van der Waals surface area contributed by atoms with Gasteiger partial charge in [0, 0.05) is 55.1 Å². The molecule has 7 heteroatoms. The van der Waals surface area contributed by atoms with Gasteiger partial charge >= 0.3 is 0 Å². The summed E-state index contributed by atoms with van der Waals surface area (Å²) in [6.07, 6.45) is 3.29. The van der Waals surface area contributed by atoms with Crippen molar-refractivity contribution in [1.29, 1.82) is 0 Å². The number of anilines is 1. The predicted molar refractivity (Wildman–Crippen MR) is 109 cm³/mol. The number of aromatic nitrogens is 3. The molecule has 28 heavy (non-hydrogen) atoms. The third-order valence-corrected chi connectivity index (χ3v) is 5.43. The molecule has 0 atom stereocenters. The van der Waals surface area contributed by atoms with Crippen molar-refractivity contribution in [2.45, 2.75) is 20.4 Å². The fraction of sp³-hybridized carbons (Fsp3) is 0.333. The highest BCUT2D eigenvalue weighted by molar-refractivity contribution is 5.82. The van der Waals surface area contributed by atoms with Gasteiger partial charge in [-0.15, -0.1) is 0 Å². The van der Waals surface area contributed by atoms with Gasteiger partial charge in [-0.2, -0.15) is 0 Å². The summed E-state index contributed by atoms with van der Waals surface area (Å²) in [5.41, 5.74) is 2.83. The summed E-state index contributed by atoms with van der Waals surface area (Å²) in [4.78, 5) is 37.6. The highest BCUT2D eigenvalue weighted by atomic mass is 16.2. The highest BCUT2D eigenvalue weighted by Gasteiger charge is 2.23. The predicted octanol–water partition coefficient (Wildman–Crippen LogP) is 1.76. The van der Waals surface area contributed by atoms with Crippen LogP contribution in [0, 0.1) is 13.8 Å². The second-order valence-electron chi connectivity index (χ2n) is 7.10. The Morgan fingerprint density at radius 1 is 1.04 bits per heavy atom. The number of hydrogen-bond acceptors (Lipinski definition) is 5. The Morgan fingerprint density at radius 3 is 2.57 bits per heavy atom. The van der Waals surface area contributed by atoms with E-state index < -0.39 is 0 Å². The average molecular weight is 377 g/mol. The fourth-order valence-corrected chi connectivity index (χ4v) is 3.66. The molecule has 144 valence electrons. The first-order chi connectivity index (χ1) is 13.5. The SMILES string of the molecule is Cc1ncnc(N2CCN(C(=O)Cn3ccc(=O)c4ccccc43)CC2)c1C. The van der Waals surface area contributed by atoms with Gasteiger partial charge in [0.05, 0.1) is 5.52 Å². The number of aryl methyl sites for hydroxylation is 1. The van der Waals surface area contributed by atoms with Gasteiger partial charge in [0.25, 0.3) is 0 Å². The normalized spacial score (nSPS) is 14.5. The Hall–Kier alpha value is -3.22. The molecule has 3 heterocycles. The molecule has 0 aliphatic carbocycles. The molecule has 1 aliphatic rings. The van der Waals surface area contributed by atoms with E-state index in [1.807, 2.05) is 41.5 Å². The van der Waals surface area contributed by atoms with E-state index in [4.69, 9.17) is 0 Å². The van der Waals surface area contributed by atoms with Crippen LogP contribution >= 0.6 is 0 Å². The van der Waals surface area contributed by atoms with Crippen LogP contribution in [0.1, 0.15) is 11.3 Å². The maximum atomic E-state index is 12.8. The first-order valence-corrected chi connectivity index (χ1v) is 9.43. The number of nitrogens with zero attached hydrogens (tertiary/aromatic N) is 5. The number of hydrogen-bond donors (Lipinski definition) is 0. The molecule has 1 fully saturated rings. The summed E-state index contributed by atoms with van der Waals surface area (Å²) >= 11 is 0. The van der Waals surface area contributed by atoms with Crippen LogP contribution in [0.5, 0.6) is 0 Å². The van der Waals surface area contributed by atoms with Gasteiger partial charge in [0.15, 0.2) is 5.43 Å². The number of pyridine rings is 1. The molecule has 1 aliphatic heterocycles. The molecule has 0 unspecified atom stereocenters. The van der Waals surface area contributed by atoms with E-state index in [1.54, 1.807) is 18.6 Å². The molecule has 1 aromatic carbocycles. The minimum Gasteiger partial charge on any atom is -0.353 e. The van der Waals surface area contributed by atoms with Crippen LogP contribution in [0.3, 0.4) is 0 Å². The van der Waals surface area contributed by atoms with Gasteiger partial charge in [-0.1, -0.05) is 12.1 Å². The van der Waals surface area contributed by atoms with Gasteiger partial charge in [-0.25, -0.2) is 9.97 Å². The van der Waals surface area contributed by atoms with Crippen molar-refractivity contribution in [3.05, 3.63) is 64.3 Å². The Kier molecular flexibility index (Phi) is 4.81. The number of para-hydroxylation sites is 1. The number of rotatable bonds is 3. The summed E-state index contributed by atoms with van der Waals surface area (Å²) in [7, 11) is 0. The Labute approximate surface area is 163 Å². The molecule has 0 bridgehead atoms. The fourth-order valence-electron chi connectivity index (χ4n) is 3.66. The van der Waals surface area contributed by atoms with E-state index >= 15 is 0 Å². The molecule has 0 N–H and O–H groups in total. The van der Waals surface area contributed by atoms with Crippen molar-refractivity contribution >= 4 is 22.6 Å². The smallest absolute Gasteiger partial charge is 0.242 e. The Balaban J connectivity index is 1.46. The van der Waals surface area contributed by atoms with Crippen molar-refractivity contribution in [3.63, 3.8) is 0 Å². The van der Waals surface area contributed by atoms with Crippen LogP contribution in [0.4, 0.5) is 5.82 Å². The number of carbonyl (C=O) groups is 1. The molecule has 1 saturated heterocycles. The lowest BCUT2D eigenvalue weighted by Gasteiger charge is -2.36. The number of amides is 1. The standard InChI is InChI=1S/C21H23N5O2/c1-15-16(2)22-14-23-21(15)25-11-9-24(10-12-25)20(28)13-26-8-7-19(27)17-5-3-4-6-18(17)26/h3-8,14H,9-13H2,1-2H3. The quantitative estimate of drug-likeness (QED) is 0.696. The van der Waals surface area contributed by atoms with Gasteiger partial charge in [0.1, 0.15) is 18.7 Å². The molecule has 0 radical (unpaired) electrons. The van der Waals surface area contributed by atoms with E-state index in [9.17, 15) is 9.59 Å². The Morgan fingerprint density at radius 2 is 1.79 bits per heavy atom. The largest absolute Gasteiger partial charge is 0.353 e. The molecule has 4 rings (SSSR count). The van der Waals surface area contributed by atoms with E-state index in [1.165, 1.54) is 6.07 Å². The molecule has 3 aromatic rings. The molecule has 0 spiro atoms. The first-order valence-electron chi connectivity index (χ1n) is 9.43. The highest BCUT2D eigenvalue weighted by Crippen LogP contribution is 2.20. The van der Waals surface area contributed by atoms with Crippen molar-refractivity contribution in [3.8, 4) is 0 Å². The van der Waals surface area contributed by atoms with Gasteiger partial charge < -0.3 is 14.4 Å². The number of piperazine rings is 1. The lowest BCUT2D eigenvalue weighted by molar-refractivity contribution is -0.132. The monoisotopic (exact) mass is 377 g/mol. The zero-order valence-corrected chi connectivity index (χ0v) is 16.1. The molecule has 2 aromatic heterocycles. The lowest BCUT2D eigenvalue weighted by Crippen LogP contribution is -2.50. The first kappa shape index (κ1) is 18.2. The third-order valence-electron chi connectivity index (χ3n) is 5.43. The Bertz CT molecular complexity index is 1080. The summed E-state index contributed by atoms with van der Waals surface area (Å²) < 4.78 is 1.85. The van der Waals surface area contributed by atoms with Crippen molar-refractivity contribution < 1.29 is 4.79 Å². The summed E-state index contributed by atoms with van der Waals surface area (Å²) in [5, 5.41) is 0.636. The summed E-state index contributed by atoms with van der Waals surface area (Å²) in [6.45, 7) is 7.03. The average Bonchev–Trinajstić information content (AvgIpc) is 2.72. The van der Waals surface area contributed by atoms with Crippen LogP contribution in [0.15, 0.2) is 47.7 Å². The van der Waals surface area contributed by atoms with Crippen molar-refractivity contribution in [2.75, 3.05) is 31.1 Å². The maximum Gasteiger partial charge on any atom is 0.242 e. The maximum absolute atomic E-state index is 12.8. The van der Waals surface area contributed by atoms with E-state index in [2.05, 4.69) is 14.9 Å². The van der Waals surface area contributed by atoms with E-state index in [0.717, 1.165) is 35.7 Å². The van der Waals surface area contributed by atoms with E-state index in [0.29, 0.717) is 18.5 Å². The van der Waals surface area contributed by atoms with E-state index in [-0.39, 0.29) is 17.9 Å². The van der Waals surface area contributed by atoms with Gasteiger partial charge in [0.2, 0.25) is 5.91 Å². The molecule has 0 saturated carbocycles. The van der Waals surface area contributed by atoms with Gasteiger partial charge in [-0.3, -0.25) is 9.59 Å². The van der Waals surface area contributed by atoms with Crippen molar-refractivity contribution in [1.82, 2.24) is 19.4 Å². The van der Waals surface area contributed by atoms with Crippen LogP contribution in [-0.4, -0.2) is 51.5 Å². The van der Waals surface area contributed by atoms with Crippen molar-refractivity contribution in [2.24, 2.45) is 0 Å². The van der Waals surface area contributed by atoms with Crippen LogP contribution in [0.2, 0.25) is 0 Å². The zero-order chi connectivity index (χ0) is 19.7. The summed E-state index contributed by atoms with van der Waals surface area (Å²) in [5.74, 6) is 1.01. The number of benzene rings is 1. The lowest BCUT2D eigenvalue weighted by atomic mass is 10.2. The summed E-state index contributed by atoms with van der Waals surface area (Å²) in [6, 6.07) is 8.92. The molecular formula is C21H23N5O2. The molecule has 1 amide bonds. The van der Waals surface area contributed by atoms with Crippen LogP contribution < -0.4 is 10.3 Å². The minimum atomic E-state index is -0.0246. The van der Waals surface area contributed by atoms with Crippen LogP contribution in [-0.2, 0) is 11.3 Å². The van der Waals surface area contributed by atoms with Gasteiger partial charge in [-0.05, 0) is 26.0 Å². The number of carbonyl (C=O) groups excluding carboxylic acids is 1. The third kappa shape index (κ3) is 3.35. The number of fused-ring (bicyclic) bond motifs is 1. The molecular weight excluding hydrogens is 354 g/mol. The minimum absolute atomic E-state index is 0.0246. The topological polar surface area (TPSA) is 71.3 Å². The molecule has 7 nitrogen and oxygen atoms in total. The second-order valence-corrected chi connectivity index (χ2v) is 7.10. The van der Waals surface area contributed by atoms with Crippen LogP contribution in [0.25, 0.3) is 10.9 Å².